The Balaban J connectivity index is 2.51. The van der Waals surface area contributed by atoms with Crippen molar-refractivity contribution in [1.82, 2.24) is 0 Å². The number of carbonyl (C=O) groups excluding carboxylic acids is 1. The van der Waals surface area contributed by atoms with Gasteiger partial charge in [0.05, 0.1) is 4.90 Å². The highest BCUT2D eigenvalue weighted by Crippen LogP contribution is 2.26. The molecular weight excluding hydrogens is 272 g/mol. The molecule has 0 radical (unpaired) electrons. The number of benzene rings is 2. The summed E-state index contributed by atoms with van der Waals surface area (Å²) in [5.41, 5.74) is 3.54. The maximum absolute atomic E-state index is 11.4. The number of Topliss-reactive ketones (excluding diaryl/α,β-unsaturated/α-hetero) is 1. The van der Waals surface area contributed by atoms with Gasteiger partial charge < -0.3 is 0 Å². The van der Waals surface area contributed by atoms with Gasteiger partial charge in [-0.25, -0.2) is 8.42 Å². The Labute approximate surface area is 119 Å². The summed E-state index contributed by atoms with van der Waals surface area (Å²) in [4.78, 5) is 11.7. The third-order valence-corrected chi connectivity index (χ3v) is 4.37. The van der Waals surface area contributed by atoms with Crippen LogP contribution in [0, 0.1) is 6.92 Å². The molecule has 0 N–H and O–H groups in total. The second-order valence-electron chi connectivity index (χ2n) is 4.88. The van der Waals surface area contributed by atoms with E-state index < -0.39 is 9.84 Å². The number of aryl methyl sites for hydroxylation is 1. The molecule has 104 valence electrons. The summed E-state index contributed by atoms with van der Waals surface area (Å²) in [6.45, 7) is 3.49. The van der Waals surface area contributed by atoms with Crippen LogP contribution in [0.3, 0.4) is 0 Å². The van der Waals surface area contributed by atoms with Gasteiger partial charge in [0.2, 0.25) is 0 Å². The summed E-state index contributed by atoms with van der Waals surface area (Å²) < 4.78 is 22.9. The second kappa shape index (κ2) is 5.21. The molecule has 0 bridgehead atoms. The minimum atomic E-state index is -3.19. The minimum absolute atomic E-state index is 0.0130. The first-order valence-electron chi connectivity index (χ1n) is 6.21. The van der Waals surface area contributed by atoms with Crippen LogP contribution in [-0.4, -0.2) is 20.5 Å². The zero-order chi connectivity index (χ0) is 14.9. The van der Waals surface area contributed by atoms with E-state index >= 15 is 0 Å². The maximum atomic E-state index is 11.4. The summed E-state index contributed by atoms with van der Waals surface area (Å²) in [5.74, 6) is 0.0130. The van der Waals surface area contributed by atoms with Crippen molar-refractivity contribution >= 4 is 15.6 Å². The van der Waals surface area contributed by atoms with Crippen molar-refractivity contribution in [3.8, 4) is 11.1 Å². The molecule has 0 amide bonds. The molecular formula is C16H16O3S. The van der Waals surface area contributed by atoms with E-state index in [0.717, 1.165) is 16.7 Å². The molecule has 0 spiro atoms. The fraction of sp³-hybridized carbons (Fsp3) is 0.188. The lowest BCUT2D eigenvalue weighted by Gasteiger charge is -2.08. The van der Waals surface area contributed by atoms with Gasteiger partial charge in [-0.3, -0.25) is 4.79 Å². The molecule has 0 aliphatic carbocycles. The van der Waals surface area contributed by atoms with Crippen molar-refractivity contribution in [3.63, 3.8) is 0 Å². The number of sulfone groups is 1. The summed E-state index contributed by atoms with van der Waals surface area (Å²) in [7, 11) is -3.19. The standard InChI is InChI=1S/C16H16O3S/c1-11-4-5-14(12(2)17)10-16(11)13-6-8-15(9-7-13)20(3,18)19/h4-10H,1-3H3. The predicted octanol–water partition coefficient (Wildman–Crippen LogP) is 3.27. The van der Waals surface area contributed by atoms with Gasteiger partial charge >= 0.3 is 0 Å². The maximum Gasteiger partial charge on any atom is 0.175 e. The van der Waals surface area contributed by atoms with Crippen molar-refractivity contribution in [2.75, 3.05) is 6.26 Å². The largest absolute Gasteiger partial charge is 0.295 e. The zero-order valence-corrected chi connectivity index (χ0v) is 12.5. The van der Waals surface area contributed by atoms with Crippen molar-refractivity contribution in [2.45, 2.75) is 18.7 Å². The summed E-state index contributed by atoms with van der Waals surface area (Å²) in [6.07, 6.45) is 1.18. The van der Waals surface area contributed by atoms with Gasteiger partial charge in [-0.1, -0.05) is 24.3 Å². The van der Waals surface area contributed by atoms with E-state index in [1.165, 1.54) is 13.2 Å². The Bertz CT molecular complexity index is 757. The van der Waals surface area contributed by atoms with Crippen molar-refractivity contribution < 1.29 is 13.2 Å². The Morgan fingerprint density at radius 1 is 1.00 bits per heavy atom. The molecule has 0 fully saturated rings. The van der Waals surface area contributed by atoms with Crippen LogP contribution in [0.25, 0.3) is 11.1 Å². The minimum Gasteiger partial charge on any atom is -0.295 e. The molecule has 0 atom stereocenters. The van der Waals surface area contributed by atoms with Crippen molar-refractivity contribution in [1.29, 1.82) is 0 Å². The molecule has 20 heavy (non-hydrogen) atoms. The summed E-state index contributed by atoms with van der Waals surface area (Å²) >= 11 is 0. The van der Waals surface area contributed by atoms with Crippen LogP contribution < -0.4 is 0 Å². The Hall–Kier alpha value is -1.94. The molecule has 0 aliphatic rings. The van der Waals surface area contributed by atoms with E-state index in [1.807, 2.05) is 19.1 Å². The highest BCUT2D eigenvalue weighted by molar-refractivity contribution is 7.90. The lowest BCUT2D eigenvalue weighted by Crippen LogP contribution is -1.97. The number of rotatable bonds is 3. The third kappa shape index (κ3) is 2.96. The van der Waals surface area contributed by atoms with E-state index in [2.05, 4.69) is 0 Å². The van der Waals surface area contributed by atoms with Crippen LogP contribution >= 0.6 is 0 Å². The first-order valence-corrected chi connectivity index (χ1v) is 8.10. The second-order valence-corrected chi connectivity index (χ2v) is 6.90. The van der Waals surface area contributed by atoms with Gasteiger partial charge in [0.15, 0.2) is 15.6 Å². The molecule has 0 aliphatic heterocycles. The van der Waals surface area contributed by atoms with Crippen LogP contribution in [0.15, 0.2) is 47.4 Å². The fourth-order valence-electron chi connectivity index (χ4n) is 2.03. The van der Waals surface area contributed by atoms with E-state index in [0.29, 0.717) is 10.5 Å². The number of carbonyl (C=O) groups is 1. The molecule has 0 saturated heterocycles. The molecule has 2 aromatic rings. The molecule has 2 aromatic carbocycles. The SMILES string of the molecule is CC(=O)c1ccc(C)c(-c2ccc(S(C)(=O)=O)cc2)c1. The highest BCUT2D eigenvalue weighted by Gasteiger charge is 2.09. The average molecular weight is 288 g/mol. The van der Waals surface area contributed by atoms with E-state index in [4.69, 9.17) is 0 Å². The van der Waals surface area contributed by atoms with Crippen molar-refractivity contribution in [2.24, 2.45) is 0 Å². The molecule has 3 nitrogen and oxygen atoms in total. The van der Waals surface area contributed by atoms with Gasteiger partial charge in [-0.2, -0.15) is 0 Å². The van der Waals surface area contributed by atoms with Crippen LogP contribution in [0.1, 0.15) is 22.8 Å². The first kappa shape index (κ1) is 14.5. The molecule has 0 heterocycles. The third-order valence-electron chi connectivity index (χ3n) is 3.24. The smallest absolute Gasteiger partial charge is 0.175 e. The summed E-state index contributed by atoms with van der Waals surface area (Å²) in [5, 5.41) is 0. The number of hydrogen-bond donors (Lipinski definition) is 0. The van der Waals surface area contributed by atoms with E-state index in [1.54, 1.807) is 30.3 Å². The molecule has 0 aromatic heterocycles. The Kier molecular flexibility index (Phi) is 3.77. The highest BCUT2D eigenvalue weighted by atomic mass is 32.2. The van der Waals surface area contributed by atoms with Gasteiger partial charge in [0, 0.05) is 11.8 Å². The number of hydrogen-bond acceptors (Lipinski definition) is 3. The predicted molar refractivity (Wildman–Crippen MR) is 79.7 cm³/mol. The van der Waals surface area contributed by atoms with Crippen LogP contribution in [0.2, 0.25) is 0 Å². The quantitative estimate of drug-likeness (QED) is 0.814. The fourth-order valence-corrected chi connectivity index (χ4v) is 2.66. The zero-order valence-electron chi connectivity index (χ0n) is 11.7. The normalized spacial score (nSPS) is 11.3. The van der Waals surface area contributed by atoms with Crippen LogP contribution in [-0.2, 0) is 9.84 Å². The lowest BCUT2D eigenvalue weighted by molar-refractivity contribution is 0.101. The summed E-state index contributed by atoms with van der Waals surface area (Å²) in [6, 6.07) is 12.2. The van der Waals surface area contributed by atoms with Gasteiger partial charge in [0.1, 0.15) is 0 Å². The first-order chi connectivity index (χ1) is 9.29. The monoisotopic (exact) mass is 288 g/mol. The van der Waals surface area contributed by atoms with Crippen LogP contribution in [0.4, 0.5) is 0 Å². The number of ketones is 1. The molecule has 0 saturated carbocycles. The Morgan fingerprint density at radius 2 is 1.60 bits per heavy atom. The van der Waals surface area contributed by atoms with Crippen LogP contribution in [0.5, 0.6) is 0 Å². The van der Waals surface area contributed by atoms with Gasteiger partial charge in [-0.15, -0.1) is 0 Å². The van der Waals surface area contributed by atoms with Gasteiger partial charge in [0.25, 0.3) is 0 Å². The Morgan fingerprint density at radius 3 is 2.10 bits per heavy atom. The molecule has 4 heteroatoms. The van der Waals surface area contributed by atoms with Crippen molar-refractivity contribution in [3.05, 3.63) is 53.6 Å². The average Bonchev–Trinajstić information content (AvgIpc) is 2.38. The molecule has 0 unspecified atom stereocenters. The lowest BCUT2D eigenvalue weighted by atomic mass is 9.97. The van der Waals surface area contributed by atoms with E-state index in [9.17, 15) is 13.2 Å². The van der Waals surface area contributed by atoms with E-state index in [-0.39, 0.29) is 5.78 Å². The molecule has 2 rings (SSSR count). The van der Waals surface area contributed by atoms with Gasteiger partial charge in [-0.05, 0) is 48.7 Å². The topological polar surface area (TPSA) is 51.2 Å².